The van der Waals surface area contributed by atoms with Gasteiger partial charge >= 0.3 is 0 Å². The summed E-state index contributed by atoms with van der Waals surface area (Å²) < 4.78 is 0. The van der Waals surface area contributed by atoms with Gasteiger partial charge in [0, 0.05) is 24.9 Å². The summed E-state index contributed by atoms with van der Waals surface area (Å²) in [5, 5.41) is 9.43. The van der Waals surface area contributed by atoms with Gasteiger partial charge in [-0.15, -0.1) is 0 Å². The molecule has 1 saturated carbocycles. The van der Waals surface area contributed by atoms with Crippen LogP contribution < -0.4 is 5.73 Å². The molecule has 0 aromatic rings. The Hall–Kier alpha value is -0.610. The first-order chi connectivity index (χ1) is 5.72. The number of amides is 1. The van der Waals surface area contributed by atoms with Gasteiger partial charge in [-0.1, -0.05) is 0 Å². The maximum atomic E-state index is 11.2. The highest BCUT2D eigenvalue weighted by Crippen LogP contribution is 2.39. The number of nitrogens with two attached hydrogens (primary N) is 1. The van der Waals surface area contributed by atoms with Crippen LogP contribution in [-0.4, -0.2) is 41.7 Å². The molecule has 0 spiro atoms. The number of aliphatic hydroxyl groups excluding tert-OH is 1. The fraction of sp³-hybridized carbons (Fsp3) is 0.875. The van der Waals surface area contributed by atoms with Crippen molar-refractivity contribution in [2.45, 2.75) is 12.5 Å². The molecule has 2 bridgehead atoms. The zero-order valence-electron chi connectivity index (χ0n) is 6.94. The Labute approximate surface area is 71.3 Å². The number of fused-ring (bicyclic) bond motifs is 2. The molecule has 1 aliphatic carbocycles. The second-order valence-electron chi connectivity index (χ2n) is 3.75. The van der Waals surface area contributed by atoms with E-state index in [1.165, 1.54) is 0 Å². The van der Waals surface area contributed by atoms with E-state index in [2.05, 4.69) is 0 Å². The molecule has 2 unspecified atom stereocenters. The Kier molecular flexibility index (Phi) is 1.81. The van der Waals surface area contributed by atoms with Crippen LogP contribution in [0.4, 0.5) is 0 Å². The second-order valence-corrected chi connectivity index (χ2v) is 3.75. The van der Waals surface area contributed by atoms with Crippen molar-refractivity contribution in [3.63, 3.8) is 0 Å². The number of nitrogens with zero attached hydrogens (tertiary/aromatic N) is 1. The maximum absolute atomic E-state index is 11.2. The van der Waals surface area contributed by atoms with Gasteiger partial charge in [0.05, 0.1) is 12.6 Å². The van der Waals surface area contributed by atoms with Gasteiger partial charge in [-0.2, -0.15) is 0 Å². The van der Waals surface area contributed by atoms with Crippen LogP contribution in [0.1, 0.15) is 6.42 Å². The average molecular weight is 170 g/mol. The smallest absolute Gasteiger partial charge is 0.236 e. The highest BCUT2D eigenvalue weighted by molar-refractivity contribution is 5.78. The molecule has 2 saturated heterocycles. The van der Waals surface area contributed by atoms with Crippen LogP contribution in [0.5, 0.6) is 0 Å². The third-order valence-corrected chi connectivity index (χ3v) is 3.01. The fourth-order valence-electron chi connectivity index (χ4n) is 2.20. The van der Waals surface area contributed by atoms with E-state index in [1.54, 1.807) is 4.90 Å². The fourth-order valence-corrected chi connectivity index (χ4v) is 2.20. The zero-order valence-corrected chi connectivity index (χ0v) is 6.94. The van der Waals surface area contributed by atoms with Crippen molar-refractivity contribution in [1.29, 1.82) is 0 Å². The number of carbonyl (C=O) groups is 1. The Balaban J connectivity index is 1.94. The standard InChI is InChI=1S/C8H14N2O2/c9-2-7(11)10-3-5-1-6(4-10)8(5)12/h5-6,8,12H,1-4,9H2. The van der Waals surface area contributed by atoms with Gasteiger partial charge in [-0.25, -0.2) is 0 Å². The minimum Gasteiger partial charge on any atom is -0.392 e. The summed E-state index contributed by atoms with van der Waals surface area (Å²) in [4.78, 5) is 12.9. The maximum Gasteiger partial charge on any atom is 0.236 e. The largest absolute Gasteiger partial charge is 0.392 e. The van der Waals surface area contributed by atoms with E-state index in [0.29, 0.717) is 24.9 Å². The molecule has 0 radical (unpaired) electrons. The van der Waals surface area contributed by atoms with Crippen molar-refractivity contribution in [2.24, 2.45) is 17.6 Å². The lowest BCUT2D eigenvalue weighted by Gasteiger charge is -2.51. The Bertz CT molecular complexity index is 195. The Morgan fingerprint density at radius 1 is 1.50 bits per heavy atom. The van der Waals surface area contributed by atoms with E-state index < -0.39 is 0 Å². The highest BCUT2D eigenvalue weighted by Gasteiger charge is 2.46. The lowest BCUT2D eigenvalue weighted by atomic mass is 9.68. The molecule has 4 heteroatoms. The summed E-state index contributed by atoms with van der Waals surface area (Å²) in [6.45, 7) is 1.50. The first-order valence-corrected chi connectivity index (χ1v) is 4.38. The van der Waals surface area contributed by atoms with Gasteiger partial charge in [0.25, 0.3) is 0 Å². The Morgan fingerprint density at radius 3 is 2.50 bits per heavy atom. The lowest BCUT2D eigenvalue weighted by Crippen LogP contribution is -2.60. The molecule has 68 valence electrons. The first kappa shape index (κ1) is 8.01. The van der Waals surface area contributed by atoms with E-state index in [1.807, 2.05) is 0 Å². The molecule has 4 nitrogen and oxygen atoms in total. The quantitative estimate of drug-likeness (QED) is 0.518. The molecule has 3 fully saturated rings. The highest BCUT2D eigenvalue weighted by atomic mass is 16.3. The van der Waals surface area contributed by atoms with Crippen LogP contribution in [0, 0.1) is 11.8 Å². The van der Waals surface area contributed by atoms with Gasteiger partial charge in [0.2, 0.25) is 5.91 Å². The molecular formula is C8H14N2O2. The Morgan fingerprint density at radius 2 is 2.08 bits per heavy atom. The van der Waals surface area contributed by atoms with Crippen LogP contribution in [-0.2, 0) is 4.79 Å². The van der Waals surface area contributed by atoms with Gasteiger partial charge in [-0.3, -0.25) is 4.79 Å². The third-order valence-electron chi connectivity index (χ3n) is 3.01. The van der Waals surface area contributed by atoms with E-state index in [-0.39, 0.29) is 18.6 Å². The average Bonchev–Trinajstić information content (AvgIpc) is 2.16. The van der Waals surface area contributed by atoms with Crippen molar-refractivity contribution >= 4 is 5.91 Å². The monoisotopic (exact) mass is 170 g/mol. The van der Waals surface area contributed by atoms with Crippen molar-refractivity contribution in [2.75, 3.05) is 19.6 Å². The minimum absolute atomic E-state index is 0.0107. The summed E-state index contributed by atoms with van der Waals surface area (Å²) in [7, 11) is 0. The number of carbonyl (C=O) groups excluding carboxylic acids is 1. The first-order valence-electron chi connectivity index (χ1n) is 4.38. The number of rotatable bonds is 1. The normalized spacial score (nSPS) is 39.2. The van der Waals surface area contributed by atoms with Crippen LogP contribution in [0.15, 0.2) is 0 Å². The summed E-state index contributed by atoms with van der Waals surface area (Å²) in [6, 6.07) is 0. The van der Waals surface area contributed by atoms with Crippen molar-refractivity contribution in [3.05, 3.63) is 0 Å². The predicted octanol–water partition coefficient (Wildman–Crippen LogP) is -1.22. The van der Waals surface area contributed by atoms with Crippen LogP contribution in [0.25, 0.3) is 0 Å². The third kappa shape index (κ3) is 1.03. The van der Waals surface area contributed by atoms with Crippen molar-refractivity contribution in [3.8, 4) is 0 Å². The number of hydrogen-bond donors (Lipinski definition) is 2. The zero-order chi connectivity index (χ0) is 8.72. The van der Waals surface area contributed by atoms with E-state index >= 15 is 0 Å². The molecule has 3 rings (SSSR count). The van der Waals surface area contributed by atoms with Crippen LogP contribution in [0.2, 0.25) is 0 Å². The number of hydrogen-bond acceptors (Lipinski definition) is 3. The SMILES string of the molecule is NCC(=O)N1CC2CC(C1)C2O. The molecule has 2 heterocycles. The molecule has 12 heavy (non-hydrogen) atoms. The lowest BCUT2D eigenvalue weighted by molar-refractivity contribution is -0.148. The van der Waals surface area contributed by atoms with Crippen LogP contribution in [0.3, 0.4) is 0 Å². The van der Waals surface area contributed by atoms with Gasteiger partial charge in [0.1, 0.15) is 0 Å². The predicted molar refractivity (Wildman–Crippen MR) is 43.2 cm³/mol. The molecule has 0 aromatic heterocycles. The van der Waals surface area contributed by atoms with E-state index in [0.717, 1.165) is 6.42 Å². The molecule has 2 aliphatic heterocycles. The van der Waals surface area contributed by atoms with Gasteiger partial charge in [0.15, 0.2) is 0 Å². The summed E-state index contributed by atoms with van der Waals surface area (Å²) in [5.74, 6) is 0.648. The van der Waals surface area contributed by atoms with E-state index in [9.17, 15) is 9.90 Å². The molecule has 3 aliphatic rings. The molecule has 1 amide bonds. The second kappa shape index (κ2) is 2.71. The van der Waals surface area contributed by atoms with E-state index in [4.69, 9.17) is 5.73 Å². The molecular weight excluding hydrogens is 156 g/mol. The van der Waals surface area contributed by atoms with Crippen LogP contribution >= 0.6 is 0 Å². The summed E-state index contributed by atoms with van der Waals surface area (Å²) >= 11 is 0. The number of aliphatic hydroxyl groups is 1. The minimum atomic E-state index is -0.160. The van der Waals surface area contributed by atoms with Gasteiger partial charge in [-0.05, 0) is 6.42 Å². The summed E-state index contributed by atoms with van der Waals surface area (Å²) in [6.07, 6.45) is 0.919. The molecule has 2 atom stereocenters. The number of piperidine rings is 2. The van der Waals surface area contributed by atoms with Crippen molar-refractivity contribution in [1.82, 2.24) is 4.90 Å². The molecule has 0 aromatic carbocycles. The summed E-state index contributed by atoms with van der Waals surface area (Å²) in [5.41, 5.74) is 5.24. The van der Waals surface area contributed by atoms with Gasteiger partial charge < -0.3 is 15.7 Å². The topological polar surface area (TPSA) is 66.6 Å². The molecule has 3 N–H and O–H groups in total. The van der Waals surface area contributed by atoms with Crippen molar-refractivity contribution < 1.29 is 9.90 Å².